The molecule has 0 radical (unpaired) electrons. The summed E-state index contributed by atoms with van der Waals surface area (Å²) in [6.07, 6.45) is 2.10. The molecule has 1 saturated carbocycles. The molecule has 2 rings (SSSR count). The summed E-state index contributed by atoms with van der Waals surface area (Å²) in [7, 11) is 0. The summed E-state index contributed by atoms with van der Waals surface area (Å²) in [4.78, 5) is 0. The van der Waals surface area contributed by atoms with Gasteiger partial charge >= 0.3 is 0 Å². The number of halogens is 1. The van der Waals surface area contributed by atoms with Crippen LogP contribution in [0, 0.1) is 19.8 Å². The summed E-state index contributed by atoms with van der Waals surface area (Å²) in [6.45, 7) is 4.14. The maximum absolute atomic E-state index is 9.98. The van der Waals surface area contributed by atoms with Gasteiger partial charge in [-0.3, -0.25) is 0 Å². The van der Waals surface area contributed by atoms with Crippen LogP contribution in [0.25, 0.3) is 0 Å². The van der Waals surface area contributed by atoms with Gasteiger partial charge in [-0.1, -0.05) is 28.1 Å². The highest BCUT2D eigenvalue weighted by Crippen LogP contribution is 2.41. The minimum absolute atomic E-state index is 0.250. The zero-order chi connectivity index (χ0) is 10.3. The average Bonchev–Trinajstić information content (AvgIpc) is 2.95. The number of hydrogen-bond donors (Lipinski definition) is 1. The van der Waals surface area contributed by atoms with Crippen LogP contribution in [0.5, 0.6) is 0 Å². The minimum atomic E-state index is -0.250. The smallest absolute Gasteiger partial charge is 0.0818 e. The van der Waals surface area contributed by atoms with Crippen molar-refractivity contribution >= 4 is 15.9 Å². The Morgan fingerprint density at radius 3 is 2.21 bits per heavy atom. The molecule has 1 aromatic rings. The predicted molar refractivity (Wildman–Crippen MR) is 61.3 cm³/mol. The van der Waals surface area contributed by atoms with Crippen molar-refractivity contribution in [3.63, 3.8) is 0 Å². The number of hydrogen-bond acceptors (Lipinski definition) is 1. The molecule has 1 fully saturated rings. The molecule has 1 N–H and O–H groups in total. The van der Waals surface area contributed by atoms with E-state index < -0.39 is 0 Å². The fourth-order valence-electron chi connectivity index (χ4n) is 1.83. The fourth-order valence-corrected chi connectivity index (χ4v) is 2.06. The van der Waals surface area contributed by atoms with Crippen LogP contribution in [0.15, 0.2) is 16.6 Å². The van der Waals surface area contributed by atoms with Gasteiger partial charge in [0.1, 0.15) is 0 Å². The van der Waals surface area contributed by atoms with Crippen molar-refractivity contribution < 1.29 is 5.11 Å². The monoisotopic (exact) mass is 254 g/mol. The lowest BCUT2D eigenvalue weighted by Crippen LogP contribution is -2.01. The zero-order valence-electron chi connectivity index (χ0n) is 8.55. The van der Waals surface area contributed by atoms with Crippen LogP contribution in [0.2, 0.25) is 0 Å². The van der Waals surface area contributed by atoms with Crippen LogP contribution in [-0.4, -0.2) is 5.11 Å². The van der Waals surface area contributed by atoms with Gasteiger partial charge in [0.15, 0.2) is 0 Å². The number of aliphatic hydroxyl groups excluding tert-OH is 1. The summed E-state index contributed by atoms with van der Waals surface area (Å²) in [5, 5.41) is 9.98. The van der Waals surface area contributed by atoms with Crippen LogP contribution < -0.4 is 0 Å². The Kier molecular flexibility index (Phi) is 2.67. The summed E-state index contributed by atoms with van der Waals surface area (Å²) in [5.74, 6) is 0.509. The van der Waals surface area contributed by atoms with Crippen molar-refractivity contribution in [3.8, 4) is 0 Å². The van der Waals surface area contributed by atoms with Crippen LogP contribution in [-0.2, 0) is 0 Å². The average molecular weight is 255 g/mol. The first-order chi connectivity index (χ1) is 6.59. The van der Waals surface area contributed by atoms with Gasteiger partial charge in [0.2, 0.25) is 0 Å². The van der Waals surface area contributed by atoms with Crippen molar-refractivity contribution in [2.45, 2.75) is 32.8 Å². The number of benzene rings is 1. The molecular formula is C12H15BrO. The van der Waals surface area contributed by atoms with E-state index in [1.54, 1.807) is 0 Å². The number of aryl methyl sites for hydroxylation is 2. The molecule has 1 aliphatic rings. The topological polar surface area (TPSA) is 20.2 Å². The third kappa shape index (κ3) is 1.86. The van der Waals surface area contributed by atoms with Crippen LogP contribution >= 0.6 is 15.9 Å². The molecule has 0 amide bonds. The van der Waals surface area contributed by atoms with Gasteiger partial charge in [-0.05, 0) is 49.3 Å². The highest BCUT2D eigenvalue weighted by molar-refractivity contribution is 9.10. The fraction of sp³-hybridized carbons (Fsp3) is 0.500. The van der Waals surface area contributed by atoms with E-state index in [-0.39, 0.29) is 6.10 Å². The van der Waals surface area contributed by atoms with Gasteiger partial charge in [0.25, 0.3) is 0 Å². The molecular weight excluding hydrogens is 240 g/mol. The van der Waals surface area contributed by atoms with E-state index in [2.05, 4.69) is 41.9 Å². The molecule has 0 spiro atoms. The second kappa shape index (κ2) is 3.67. The van der Waals surface area contributed by atoms with Crippen molar-refractivity contribution in [2.24, 2.45) is 5.92 Å². The van der Waals surface area contributed by atoms with Crippen LogP contribution in [0.1, 0.15) is 35.6 Å². The summed E-state index contributed by atoms with van der Waals surface area (Å²) in [6, 6.07) is 4.17. The zero-order valence-corrected chi connectivity index (χ0v) is 10.1. The molecule has 14 heavy (non-hydrogen) atoms. The van der Waals surface area contributed by atoms with E-state index in [9.17, 15) is 5.11 Å². The molecule has 1 atom stereocenters. The van der Waals surface area contributed by atoms with Crippen molar-refractivity contribution in [1.29, 1.82) is 0 Å². The molecule has 2 heteroatoms. The first-order valence-electron chi connectivity index (χ1n) is 5.04. The van der Waals surface area contributed by atoms with E-state index in [0.717, 1.165) is 10.0 Å². The third-order valence-electron chi connectivity index (χ3n) is 2.87. The Balaban J connectivity index is 2.34. The first-order valence-corrected chi connectivity index (χ1v) is 5.83. The second-order valence-electron chi connectivity index (χ2n) is 4.25. The molecule has 0 aliphatic heterocycles. The van der Waals surface area contributed by atoms with Crippen molar-refractivity contribution in [3.05, 3.63) is 33.3 Å². The Bertz CT molecular complexity index is 332. The SMILES string of the molecule is Cc1cc(C(O)C2CC2)cc(C)c1Br. The Labute approximate surface area is 93.3 Å². The largest absolute Gasteiger partial charge is 0.388 e. The molecule has 1 aromatic carbocycles. The minimum Gasteiger partial charge on any atom is -0.388 e. The lowest BCUT2D eigenvalue weighted by molar-refractivity contribution is 0.153. The summed E-state index contributed by atoms with van der Waals surface area (Å²) < 4.78 is 1.16. The van der Waals surface area contributed by atoms with E-state index in [0.29, 0.717) is 5.92 Å². The molecule has 0 saturated heterocycles. The molecule has 0 bridgehead atoms. The summed E-state index contributed by atoms with van der Waals surface area (Å²) in [5.41, 5.74) is 3.49. The first kappa shape index (κ1) is 10.2. The molecule has 0 heterocycles. The van der Waals surface area contributed by atoms with Crippen molar-refractivity contribution in [1.82, 2.24) is 0 Å². The number of rotatable bonds is 2. The second-order valence-corrected chi connectivity index (χ2v) is 5.04. The Morgan fingerprint density at radius 1 is 1.29 bits per heavy atom. The van der Waals surface area contributed by atoms with Crippen LogP contribution in [0.4, 0.5) is 0 Å². The quantitative estimate of drug-likeness (QED) is 0.857. The predicted octanol–water partition coefficient (Wildman–Crippen LogP) is 3.51. The summed E-state index contributed by atoms with van der Waals surface area (Å²) >= 11 is 3.53. The highest BCUT2D eigenvalue weighted by atomic mass is 79.9. The van der Waals surface area contributed by atoms with E-state index in [4.69, 9.17) is 0 Å². The van der Waals surface area contributed by atoms with Gasteiger partial charge in [-0.25, -0.2) is 0 Å². The van der Waals surface area contributed by atoms with E-state index in [1.807, 2.05) is 0 Å². The van der Waals surface area contributed by atoms with Crippen molar-refractivity contribution in [2.75, 3.05) is 0 Å². The number of aliphatic hydroxyl groups is 1. The highest BCUT2D eigenvalue weighted by Gasteiger charge is 2.30. The third-order valence-corrected chi connectivity index (χ3v) is 4.12. The van der Waals surface area contributed by atoms with Gasteiger partial charge in [0, 0.05) is 4.47 Å². The van der Waals surface area contributed by atoms with Gasteiger partial charge < -0.3 is 5.11 Å². The lowest BCUT2D eigenvalue weighted by Gasteiger charge is -2.13. The standard InChI is InChI=1S/C12H15BrO/c1-7-5-10(6-8(2)11(7)13)12(14)9-3-4-9/h5-6,9,12,14H,3-4H2,1-2H3. The van der Waals surface area contributed by atoms with E-state index in [1.165, 1.54) is 24.0 Å². The normalized spacial score (nSPS) is 18.3. The Morgan fingerprint density at radius 2 is 1.79 bits per heavy atom. The molecule has 1 unspecified atom stereocenters. The van der Waals surface area contributed by atoms with Crippen LogP contribution in [0.3, 0.4) is 0 Å². The molecule has 76 valence electrons. The van der Waals surface area contributed by atoms with E-state index >= 15 is 0 Å². The molecule has 1 nitrogen and oxygen atoms in total. The van der Waals surface area contributed by atoms with Gasteiger partial charge in [-0.15, -0.1) is 0 Å². The van der Waals surface area contributed by atoms with Gasteiger partial charge in [-0.2, -0.15) is 0 Å². The molecule has 0 aromatic heterocycles. The maximum Gasteiger partial charge on any atom is 0.0818 e. The van der Waals surface area contributed by atoms with Gasteiger partial charge in [0.05, 0.1) is 6.10 Å². The lowest BCUT2D eigenvalue weighted by atomic mass is 10.0. The maximum atomic E-state index is 9.98. The molecule has 1 aliphatic carbocycles. The Hall–Kier alpha value is -0.340.